The Bertz CT molecular complexity index is 368. The maximum absolute atomic E-state index is 2.62. The summed E-state index contributed by atoms with van der Waals surface area (Å²) in [5.74, 6) is 0.942. The van der Waals surface area contributed by atoms with Crippen LogP contribution < -0.4 is 4.90 Å². The number of benzene rings is 1. The van der Waals surface area contributed by atoms with Crippen LogP contribution in [0, 0.1) is 5.92 Å². The molecule has 0 aliphatic carbocycles. The lowest BCUT2D eigenvalue weighted by Crippen LogP contribution is -2.58. The molecule has 1 fully saturated rings. The molecule has 0 amide bonds. The summed E-state index contributed by atoms with van der Waals surface area (Å²) in [4.78, 5) is 2.62. The summed E-state index contributed by atoms with van der Waals surface area (Å²) in [5, 5.41) is 0. The van der Waals surface area contributed by atoms with Crippen molar-refractivity contribution in [2.75, 3.05) is 11.4 Å². The molecule has 0 aromatic heterocycles. The van der Waals surface area contributed by atoms with Crippen molar-refractivity contribution < 1.29 is 0 Å². The topological polar surface area (TPSA) is 3.24 Å². The smallest absolute Gasteiger partial charge is 0.0446 e. The number of anilines is 1. The van der Waals surface area contributed by atoms with Crippen molar-refractivity contribution in [2.45, 2.75) is 51.5 Å². The summed E-state index contributed by atoms with van der Waals surface area (Å²) >= 11 is 0. The van der Waals surface area contributed by atoms with Crippen LogP contribution in [0.2, 0.25) is 25.7 Å². The third kappa shape index (κ3) is 3.17. The fourth-order valence-corrected chi connectivity index (χ4v) is 5.19. The maximum Gasteiger partial charge on any atom is 0.0446 e. The molecule has 1 heterocycles. The van der Waals surface area contributed by atoms with Gasteiger partial charge in [-0.25, -0.2) is 0 Å². The number of hydrogen-bond donors (Lipinski definition) is 0. The van der Waals surface area contributed by atoms with Gasteiger partial charge in [-0.3, -0.25) is 0 Å². The van der Waals surface area contributed by atoms with Crippen LogP contribution in [0.25, 0.3) is 0 Å². The van der Waals surface area contributed by atoms with Gasteiger partial charge >= 0.3 is 0 Å². The van der Waals surface area contributed by atoms with E-state index in [1.54, 1.807) is 0 Å². The fourth-order valence-electron chi connectivity index (χ4n) is 3.22. The van der Waals surface area contributed by atoms with E-state index in [1.807, 2.05) is 0 Å². The van der Waals surface area contributed by atoms with Crippen molar-refractivity contribution in [3.8, 4) is 0 Å². The standard InChI is InChI=1S/C16H27NSi/c1-5-9-16-14(13-18(2,3)4)12-17(16)15-10-7-6-8-11-15/h6-8,10-11,14,16H,5,9,12-13H2,1-4H3/t14-,16-/m1/s1. The van der Waals surface area contributed by atoms with Crippen molar-refractivity contribution in [3.05, 3.63) is 30.3 Å². The minimum Gasteiger partial charge on any atom is -0.368 e. The highest BCUT2D eigenvalue weighted by molar-refractivity contribution is 6.76. The van der Waals surface area contributed by atoms with Crippen LogP contribution >= 0.6 is 0 Å². The fraction of sp³-hybridized carbons (Fsp3) is 0.625. The van der Waals surface area contributed by atoms with Gasteiger partial charge in [0.25, 0.3) is 0 Å². The van der Waals surface area contributed by atoms with Crippen LogP contribution in [-0.4, -0.2) is 20.7 Å². The van der Waals surface area contributed by atoms with Gasteiger partial charge in [-0.2, -0.15) is 0 Å². The molecular formula is C16H27NSi. The SMILES string of the molecule is CCC[C@@H]1[C@@H](C[Si](C)(C)C)CN1c1ccccc1. The van der Waals surface area contributed by atoms with Gasteiger partial charge in [0.1, 0.15) is 0 Å². The van der Waals surface area contributed by atoms with Gasteiger partial charge in [-0.15, -0.1) is 0 Å². The first kappa shape index (κ1) is 13.7. The van der Waals surface area contributed by atoms with E-state index in [0.717, 1.165) is 12.0 Å². The molecule has 1 saturated heterocycles. The second kappa shape index (κ2) is 5.48. The number of hydrogen-bond acceptors (Lipinski definition) is 1. The zero-order valence-corrected chi connectivity index (χ0v) is 13.3. The van der Waals surface area contributed by atoms with Crippen LogP contribution in [0.4, 0.5) is 5.69 Å². The molecule has 1 aliphatic rings. The monoisotopic (exact) mass is 261 g/mol. The molecule has 0 unspecified atom stereocenters. The van der Waals surface area contributed by atoms with Gasteiger partial charge in [0.15, 0.2) is 0 Å². The molecule has 18 heavy (non-hydrogen) atoms. The first-order valence-electron chi connectivity index (χ1n) is 7.33. The van der Waals surface area contributed by atoms with Crippen LogP contribution in [0.15, 0.2) is 30.3 Å². The second-order valence-corrected chi connectivity index (χ2v) is 12.4. The number of para-hydroxylation sites is 1. The Hall–Kier alpha value is -0.763. The van der Waals surface area contributed by atoms with Gasteiger partial charge in [-0.1, -0.05) is 57.2 Å². The van der Waals surface area contributed by atoms with Crippen LogP contribution in [0.5, 0.6) is 0 Å². The molecule has 0 radical (unpaired) electrons. The lowest BCUT2D eigenvalue weighted by Gasteiger charge is -2.51. The molecule has 1 aromatic rings. The molecule has 0 N–H and O–H groups in total. The molecule has 1 nitrogen and oxygen atoms in total. The third-order valence-corrected chi connectivity index (χ3v) is 5.67. The third-order valence-electron chi connectivity index (χ3n) is 3.92. The zero-order chi connectivity index (χ0) is 13.2. The van der Waals surface area contributed by atoms with Gasteiger partial charge in [0.05, 0.1) is 0 Å². The molecule has 0 bridgehead atoms. The first-order chi connectivity index (χ1) is 8.51. The van der Waals surface area contributed by atoms with Gasteiger partial charge in [0, 0.05) is 26.3 Å². The summed E-state index contributed by atoms with van der Waals surface area (Å²) in [7, 11) is -0.918. The maximum atomic E-state index is 2.62. The van der Waals surface area contributed by atoms with Crippen molar-refractivity contribution in [1.29, 1.82) is 0 Å². The Morgan fingerprint density at radius 3 is 2.39 bits per heavy atom. The van der Waals surface area contributed by atoms with E-state index in [2.05, 4.69) is 61.8 Å². The van der Waals surface area contributed by atoms with E-state index >= 15 is 0 Å². The molecule has 100 valence electrons. The number of rotatable bonds is 5. The summed E-state index contributed by atoms with van der Waals surface area (Å²) in [5.41, 5.74) is 1.42. The summed E-state index contributed by atoms with van der Waals surface area (Å²) in [6.07, 6.45) is 2.65. The first-order valence-corrected chi connectivity index (χ1v) is 11.0. The average molecular weight is 261 g/mol. The van der Waals surface area contributed by atoms with Gasteiger partial charge in [-0.05, 0) is 24.5 Å². The predicted molar refractivity (Wildman–Crippen MR) is 84.1 cm³/mol. The molecule has 1 aliphatic heterocycles. The van der Waals surface area contributed by atoms with E-state index < -0.39 is 8.07 Å². The molecular weight excluding hydrogens is 234 g/mol. The summed E-state index contributed by atoms with van der Waals surface area (Å²) in [6.45, 7) is 11.1. The van der Waals surface area contributed by atoms with E-state index in [1.165, 1.54) is 31.1 Å². The van der Waals surface area contributed by atoms with Crippen molar-refractivity contribution in [2.24, 2.45) is 5.92 Å². The normalized spacial score (nSPS) is 23.9. The van der Waals surface area contributed by atoms with Crippen molar-refractivity contribution in [1.82, 2.24) is 0 Å². The molecule has 0 spiro atoms. The van der Waals surface area contributed by atoms with Crippen LogP contribution in [0.1, 0.15) is 19.8 Å². The Balaban J connectivity index is 2.03. The summed E-state index contributed by atoms with van der Waals surface area (Å²) < 4.78 is 0. The Morgan fingerprint density at radius 1 is 1.17 bits per heavy atom. The predicted octanol–water partition coefficient (Wildman–Crippen LogP) is 4.63. The van der Waals surface area contributed by atoms with E-state index in [-0.39, 0.29) is 0 Å². The molecule has 2 heteroatoms. The highest BCUT2D eigenvalue weighted by Gasteiger charge is 2.40. The summed E-state index contributed by atoms with van der Waals surface area (Å²) in [6, 6.07) is 13.2. The van der Waals surface area contributed by atoms with E-state index in [4.69, 9.17) is 0 Å². The zero-order valence-electron chi connectivity index (χ0n) is 12.3. The van der Waals surface area contributed by atoms with E-state index in [9.17, 15) is 0 Å². The largest absolute Gasteiger partial charge is 0.368 e. The number of nitrogens with zero attached hydrogens (tertiary/aromatic N) is 1. The lowest BCUT2D eigenvalue weighted by atomic mass is 9.86. The average Bonchev–Trinajstić information content (AvgIpc) is 2.31. The second-order valence-electron chi connectivity index (χ2n) is 6.87. The van der Waals surface area contributed by atoms with E-state index in [0.29, 0.717) is 0 Å². The lowest BCUT2D eigenvalue weighted by molar-refractivity contribution is 0.297. The highest BCUT2D eigenvalue weighted by atomic mass is 28.3. The van der Waals surface area contributed by atoms with Crippen LogP contribution in [0.3, 0.4) is 0 Å². The Labute approximate surface area is 113 Å². The van der Waals surface area contributed by atoms with Gasteiger partial charge < -0.3 is 4.90 Å². The quantitative estimate of drug-likeness (QED) is 0.699. The van der Waals surface area contributed by atoms with Crippen LogP contribution in [-0.2, 0) is 0 Å². The Kier molecular flexibility index (Phi) is 4.16. The minimum atomic E-state index is -0.918. The molecule has 0 saturated carbocycles. The highest BCUT2D eigenvalue weighted by Crippen LogP contribution is 2.38. The molecule has 2 atom stereocenters. The van der Waals surface area contributed by atoms with Crippen molar-refractivity contribution >= 4 is 13.8 Å². The molecule has 2 rings (SSSR count). The van der Waals surface area contributed by atoms with Gasteiger partial charge in [0.2, 0.25) is 0 Å². The molecule has 1 aromatic carbocycles. The minimum absolute atomic E-state index is 0.795. The Morgan fingerprint density at radius 2 is 1.83 bits per heavy atom. The van der Waals surface area contributed by atoms with Crippen molar-refractivity contribution in [3.63, 3.8) is 0 Å².